The molecule has 24 heavy (non-hydrogen) atoms. The average Bonchev–Trinajstić information content (AvgIpc) is 3.00. The third-order valence-corrected chi connectivity index (χ3v) is 4.18. The highest BCUT2D eigenvalue weighted by molar-refractivity contribution is 9.10. The van der Waals surface area contributed by atoms with Crippen LogP contribution in [0.5, 0.6) is 5.75 Å². The summed E-state index contributed by atoms with van der Waals surface area (Å²) in [5.41, 5.74) is -0.635. The predicted molar refractivity (Wildman–Crippen MR) is 85.3 cm³/mol. The van der Waals surface area contributed by atoms with Crippen molar-refractivity contribution in [2.75, 3.05) is 7.11 Å². The lowest BCUT2D eigenvalue weighted by Gasteiger charge is -2.07. The molecule has 0 fully saturated rings. The summed E-state index contributed by atoms with van der Waals surface area (Å²) in [5, 5.41) is 0.602. The van der Waals surface area contributed by atoms with E-state index in [1.807, 2.05) is 0 Å². The fraction of sp³-hybridized carbons (Fsp3) is 0.118. The fourth-order valence-electron chi connectivity index (χ4n) is 2.32. The number of methoxy groups -OCH3 is 1. The summed E-state index contributed by atoms with van der Waals surface area (Å²) in [6, 6.07) is 9.09. The quantitative estimate of drug-likeness (QED) is 0.550. The number of carbonyl (C=O) groups excluding carboxylic acids is 1. The Morgan fingerprint density at radius 1 is 1.17 bits per heavy atom. The van der Waals surface area contributed by atoms with Gasteiger partial charge in [0.2, 0.25) is 5.78 Å². The highest BCUT2D eigenvalue weighted by atomic mass is 79.9. The van der Waals surface area contributed by atoms with Crippen molar-refractivity contribution >= 4 is 32.7 Å². The van der Waals surface area contributed by atoms with Gasteiger partial charge in [0.25, 0.3) is 0 Å². The summed E-state index contributed by atoms with van der Waals surface area (Å²) in [7, 11) is 1.46. The molecule has 1 heterocycles. The van der Waals surface area contributed by atoms with Crippen molar-refractivity contribution in [3.05, 3.63) is 63.8 Å². The second-order valence-corrected chi connectivity index (χ2v) is 5.87. The van der Waals surface area contributed by atoms with Gasteiger partial charge < -0.3 is 9.15 Å². The van der Waals surface area contributed by atoms with E-state index >= 15 is 0 Å². The molecule has 0 atom stereocenters. The number of carbonyl (C=O) groups is 1. The summed E-state index contributed by atoms with van der Waals surface area (Å²) < 4.78 is 49.8. The lowest BCUT2D eigenvalue weighted by molar-refractivity contribution is -0.137. The Balaban J connectivity index is 2.08. The number of ether oxygens (including phenoxy) is 1. The van der Waals surface area contributed by atoms with E-state index in [0.717, 1.165) is 12.1 Å². The van der Waals surface area contributed by atoms with Gasteiger partial charge in [-0.3, -0.25) is 4.79 Å². The summed E-state index contributed by atoms with van der Waals surface area (Å²) in [6.45, 7) is 0. The summed E-state index contributed by atoms with van der Waals surface area (Å²) in [4.78, 5) is 12.5. The molecule has 0 saturated heterocycles. The molecule has 0 aliphatic heterocycles. The van der Waals surface area contributed by atoms with Gasteiger partial charge in [-0.15, -0.1) is 0 Å². The standard InChI is InChI=1S/C17H10BrF3O3/c1-23-13-6-5-12(18)11-8-14(24-16(11)13)15(22)9-3-2-4-10(7-9)17(19,20)21/h2-8H,1H3. The molecule has 3 nitrogen and oxygen atoms in total. The van der Waals surface area contributed by atoms with Gasteiger partial charge in [0, 0.05) is 15.4 Å². The van der Waals surface area contributed by atoms with Crippen molar-refractivity contribution in [3.8, 4) is 5.75 Å². The van der Waals surface area contributed by atoms with Gasteiger partial charge in [0.15, 0.2) is 17.1 Å². The zero-order valence-electron chi connectivity index (χ0n) is 12.3. The van der Waals surface area contributed by atoms with Crippen LogP contribution in [0, 0.1) is 0 Å². The SMILES string of the molecule is COc1ccc(Br)c2cc(C(=O)c3cccc(C(F)(F)F)c3)oc12. The molecule has 0 saturated carbocycles. The molecule has 0 amide bonds. The van der Waals surface area contributed by atoms with Crippen LogP contribution in [0.2, 0.25) is 0 Å². The van der Waals surface area contributed by atoms with Gasteiger partial charge in [-0.25, -0.2) is 0 Å². The Bertz CT molecular complexity index is 928. The maximum atomic E-state index is 12.8. The van der Waals surface area contributed by atoms with Crippen LogP contribution in [0.4, 0.5) is 13.2 Å². The van der Waals surface area contributed by atoms with Crippen molar-refractivity contribution in [1.82, 2.24) is 0 Å². The lowest BCUT2D eigenvalue weighted by Crippen LogP contribution is -2.07. The molecule has 3 aromatic rings. The van der Waals surface area contributed by atoms with E-state index in [4.69, 9.17) is 9.15 Å². The van der Waals surface area contributed by atoms with Crippen LogP contribution < -0.4 is 4.74 Å². The molecular weight excluding hydrogens is 389 g/mol. The Labute approximate surface area is 143 Å². The maximum Gasteiger partial charge on any atom is 0.416 e. The highest BCUT2D eigenvalue weighted by Crippen LogP contribution is 2.35. The Kier molecular flexibility index (Phi) is 4.13. The smallest absolute Gasteiger partial charge is 0.416 e. The number of furan rings is 1. The number of rotatable bonds is 3. The Hall–Kier alpha value is -2.28. The number of halogens is 4. The van der Waals surface area contributed by atoms with E-state index in [1.54, 1.807) is 12.1 Å². The van der Waals surface area contributed by atoms with Crippen LogP contribution in [-0.2, 0) is 6.18 Å². The number of ketones is 1. The van der Waals surface area contributed by atoms with Crippen LogP contribution in [0.15, 0.2) is 51.4 Å². The maximum absolute atomic E-state index is 12.8. The third-order valence-electron chi connectivity index (χ3n) is 3.49. The minimum Gasteiger partial charge on any atom is -0.493 e. The van der Waals surface area contributed by atoms with Crippen molar-refractivity contribution in [3.63, 3.8) is 0 Å². The van der Waals surface area contributed by atoms with Crippen LogP contribution in [-0.4, -0.2) is 12.9 Å². The molecule has 0 N–H and O–H groups in total. The molecule has 0 radical (unpaired) electrons. The zero-order chi connectivity index (χ0) is 17.5. The van der Waals surface area contributed by atoms with E-state index in [0.29, 0.717) is 21.2 Å². The Morgan fingerprint density at radius 3 is 2.58 bits per heavy atom. The van der Waals surface area contributed by atoms with Crippen molar-refractivity contribution in [2.24, 2.45) is 0 Å². The zero-order valence-corrected chi connectivity index (χ0v) is 13.9. The molecule has 2 aromatic carbocycles. The Morgan fingerprint density at radius 2 is 1.92 bits per heavy atom. The number of hydrogen-bond donors (Lipinski definition) is 0. The highest BCUT2D eigenvalue weighted by Gasteiger charge is 2.31. The van der Waals surface area contributed by atoms with Crippen molar-refractivity contribution < 1.29 is 27.1 Å². The number of alkyl halides is 3. The molecule has 0 bridgehead atoms. The van der Waals surface area contributed by atoms with E-state index in [1.165, 1.54) is 25.3 Å². The van der Waals surface area contributed by atoms with Gasteiger partial charge in [0.05, 0.1) is 12.7 Å². The minimum atomic E-state index is -4.52. The summed E-state index contributed by atoms with van der Waals surface area (Å²) >= 11 is 3.34. The molecule has 7 heteroatoms. The first kappa shape index (κ1) is 16.6. The molecule has 1 aromatic heterocycles. The van der Waals surface area contributed by atoms with E-state index in [9.17, 15) is 18.0 Å². The van der Waals surface area contributed by atoms with Gasteiger partial charge >= 0.3 is 6.18 Å². The first-order valence-corrected chi connectivity index (χ1v) is 7.58. The predicted octanol–water partition coefficient (Wildman–Crippen LogP) is 5.45. The number of benzene rings is 2. The van der Waals surface area contributed by atoms with Crippen LogP contribution >= 0.6 is 15.9 Å². The van der Waals surface area contributed by atoms with Crippen LogP contribution in [0.25, 0.3) is 11.0 Å². The first-order valence-electron chi connectivity index (χ1n) is 6.79. The van der Waals surface area contributed by atoms with E-state index in [2.05, 4.69) is 15.9 Å². The van der Waals surface area contributed by atoms with E-state index in [-0.39, 0.29) is 11.3 Å². The third kappa shape index (κ3) is 2.91. The number of fused-ring (bicyclic) bond motifs is 1. The van der Waals surface area contributed by atoms with Crippen molar-refractivity contribution in [1.29, 1.82) is 0 Å². The van der Waals surface area contributed by atoms with E-state index < -0.39 is 17.5 Å². The average molecular weight is 399 g/mol. The topological polar surface area (TPSA) is 39.4 Å². The molecule has 3 rings (SSSR count). The minimum absolute atomic E-state index is 0.0606. The largest absolute Gasteiger partial charge is 0.493 e. The summed E-state index contributed by atoms with van der Waals surface area (Å²) in [5.74, 6) is -0.267. The molecule has 0 spiro atoms. The van der Waals surface area contributed by atoms with Crippen LogP contribution in [0.1, 0.15) is 21.7 Å². The fourth-order valence-corrected chi connectivity index (χ4v) is 2.74. The number of hydrogen-bond acceptors (Lipinski definition) is 3. The molecule has 0 aliphatic rings. The molecular formula is C17H10BrF3O3. The second-order valence-electron chi connectivity index (χ2n) is 5.01. The summed E-state index contributed by atoms with van der Waals surface area (Å²) in [6.07, 6.45) is -4.52. The monoisotopic (exact) mass is 398 g/mol. The lowest BCUT2D eigenvalue weighted by atomic mass is 10.1. The normalized spacial score (nSPS) is 11.7. The molecule has 124 valence electrons. The van der Waals surface area contributed by atoms with Crippen LogP contribution in [0.3, 0.4) is 0 Å². The van der Waals surface area contributed by atoms with Gasteiger partial charge in [0.1, 0.15) is 0 Å². The molecule has 0 unspecified atom stereocenters. The van der Waals surface area contributed by atoms with Gasteiger partial charge in [-0.2, -0.15) is 13.2 Å². The van der Waals surface area contributed by atoms with Gasteiger partial charge in [-0.05, 0) is 30.3 Å². The second kappa shape index (κ2) is 5.98. The van der Waals surface area contributed by atoms with Crippen molar-refractivity contribution in [2.45, 2.75) is 6.18 Å². The van der Waals surface area contributed by atoms with Gasteiger partial charge in [-0.1, -0.05) is 28.1 Å². The molecule has 0 aliphatic carbocycles. The first-order chi connectivity index (χ1) is 11.3.